The number of fused-ring (bicyclic) bond motifs is 1. The van der Waals surface area contributed by atoms with E-state index < -0.39 is 0 Å². The molecule has 6 nitrogen and oxygen atoms in total. The van der Waals surface area contributed by atoms with Crippen molar-refractivity contribution in [1.82, 2.24) is 15.3 Å². The second-order valence-electron chi connectivity index (χ2n) is 5.82. The largest absolute Gasteiger partial charge is 0.486 e. The summed E-state index contributed by atoms with van der Waals surface area (Å²) in [6.45, 7) is 1.48. The Morgan fingerprint density at radius 1 is 0.962 bits per heavy atom. The lowest BCUT2D eigenvalue weighted by Crippen LogP contribution is -2.23. The molecule has 6 heteroatoms. The van der Waals surface area contributed by atoms with Crippen molar-refractivity contribution in [3.8, 4) is 22.9 Å². The Morgan fingerprint density at radius 3 is 2.46 bits per heavy atom. The lowest BCUT2D eigenvalue weighted by atomic mass is 10.2. The van der Waals surface area contributed by atoms with Crippen LogP contribution < -0.4 is 14.8 Å². The fourth-order valence-corrected chi connectivity index (χ4v) is 2.66. The zero-order chi connectivity index (χ0) is 17.8. The monoisotopic (exact) mass is 347 g/mol. The highest BCUT2D eigenvalue weighted by Gasteiger charge is 2.13. The van der Waals surface area contributed by atoms with E-state index in [0.717, 1.165) is 16.9 Å². The second-order valence-corrected chi connectivity index (χ2v) is 5.82. The van der Waals surface area contributed by atoms with Crippen LogP contribution >= 0.6 is 0 Å². The van der Waals surface area contributed by atoms with Gasteiger partial charge in [0, 0.05) is 24.5 Å². The van der Waals surface area contributed by atoms with Gasteiger partial charge in [-0.25, -0.2) is 9.97 Å². The molecule has 1 N–H and O–H groups in total. The van der Waals surface area contributed by atoms with Crippen molar-refractivity contribution in [1.29, 1.82) is 0 Å². The molecule has 1 amide bonds. The third-order valence-electron chi connectivity index (χ3n) is 4.01. The zero-order valence-corrected chi connectivity index (χ0v) is 14.0. The van der Waals surface area contributed by atoms with Gasteiger partial charge in [-0.05, 0) is 17.7 Å². The van der Waals surface area contributed by atoms with E-state index in [0.29, 0.717) is 36.9 Å². The SMILES string of the molecule is O=C(NCc1ccc2c(c1)OCCO2)c1cnc(-c2ccccc2)nc1. The third-order valence-corrected chi connectivity index (χ3v) is 4.01. The summed E-state index contributed by atoms with van der Waals surface area (Å²) in [5.74, 6) is 1.81. The number of amides is 1. The number of rotatable bonds is 4. The van der Waals surface area contributed by atoms with E-state index in [4.69, 9.17) is 9.47 Å². The molecule has 2 heterocycles. The van der Waals surface area contributed by atoms with Gasteiger partial charge in [-0.15, -0.1) is 0 Å². The van der Waals surface area contributed by atoms with Gasteiger partial charge < -0.3 is 14.8 Å². The molecule has 0 atom stereocenters. The minimum atomic E-state index is -0.223. The van der Waals surface area contributed by atoms with Gasteiger partial charge in [0.25, 0.3) is 5.91 Å². The zero-order valence-electron chi connectivity index (χ0n) is 14.0. The Bertz CT molecular complexity index is 911. The summed E-state index contributed by atoms with van der Waals surface area (Å²) in [5, 5.41) is 2.87. The van der Waals surface area contributed by atoms with Crippen molar-refractivity contribution in [3.63, 3.8) is 0 Å². The van der Waals surface area contributed by atoms with E-state index >= 15 is 0 Å². The Labute approximate surface area is 150 Å². The van der Waals surface area contributed by atoms with Crippen LogP contribution in [0.15, 0.2) is 60.9 Å². The molecule has 0 fully saturated rings. The molecule has 26 heavy (non-hydrogen) atoms. The average Bonchev–Trinajstić information content (AvgIpc) is 2.72. The first-order valence-corrected chi connectivity index (χ1v) is 8.34. The van der Waals surface area contributed by atoms with Gasteiger partial charge in [0.2, 0.25) is 0 Å². The quantitative estimate of drug-likeness (QED) is 0.786. The molecule has 130 valence electrons. The first-order valence-electron chi connectivity index (χ1n) is 8.34. The van der Waals surface area contributed by atoms with Crippen molar-refractivity contribution in [3.05, 3.63) is 72.1 Å². The van der Waals surface area contributed by atoms with Crippen LogP contribution in [0.1, 0.15) is 15.9 Å². The van der Waals surface area contributed by atoms with Crippen LogP contribution in [0, 0.1) is 0 Å². The summed E-state index contributed by atoms with van der Waals surface area (Å²) in [4.78, 5) is 20.9. The summed E-state index contributed by atoms with van der Waals surface area (Å²) in [5.41, 5.74) is 2.27. The van der Waals surface area contributed by atoms with Gasteiger partial charge in [0.1, 0.15) is 13.2 Å². The fourth-order valence-electron chi connectivity index (χ4n) is 2.66. The molecule has 0 aliphatic carbocycles. The summed E-state index contributed by atoms with van der Waals surface area (Å²) < 4.78 is 11.0. The Balaban J connectivity index is 1.40. The maximum absolute atomic E-state index is 12.3. The van der Waals surface area contributed by atoms with E-state index in [1.165, 1.54) is 12.4 Å². The van der Waals surface area contributed by atoms with Gasteiger partial charge >= 0.3 is 0 Å². The van der Waals surface area contributed by atoms with Crippen LogP contribution in [0.3, 0.4) is 0 Å². The topological polar surface area (TPSA) is 73.3 Å². The predicted octanol–water partition coefficient (Wildman–Crippen LogP) is 2.84. The third kappa shape index (κ3) is 3.49. The summed E-state index contributed by atoms with van der Waals surface area (Å²) >= 11 is 0. The Hall–Kier alpha value is -3.41. The van der Waals surface area contributed by atoms with Crippen LogP contribution in [-0.2, 0) is 6.54 Å². The predicted molar refractivity (Wildman–Crippen MR) is 96.1 cm³/mol. The molecule has 0 saturated heterocycles. The van der Waals surface area contributed by atoms with Crippen molar-refractivity contribution in [2.45, 2.75) is 6.54 Å². The molecular weight excluding hydrogens is 330 g/mol. The molecule has 1 aliphatic rings. The van der Waals surface area contributed by atoms with Gasteiger partial charge in [0.15, 0.2) is 17.3 Å². The number of carbonyl (C=O) groups is 1. The summed E-state index contributed by atoms with van der Waals surface area (Å²) in [6.07, 6.45) is 3.07. The number of hydrogen-bond acceptors (Lipinski definition) is 5. The second kappa shape index (κ2) is 7.23. The maximum atomic E-state index is 12.3. The van der Waals surface area contributed by atoms with Crippen molar-refractivity contribution < 1.29 is 14.3 Å². The Kier molecular flexibility index (Phi) is 4.47. The number of benzene rings is 2. The molecule has 1 aliphatic heterocycles. The highest BCUT2D eigenvalue weighted by atomic mass is 16.6. The van der Waals surface area contributed by atoms with Crippen LogP contribution in [0.4, 0.5) is 0 Å². The van der Waals surface area contributed by atoms with Gasteiger partial charge in [-0.2, -0.15) is 0 Å². The van der Waals surface area contributed by atoms with Gasteiger partial charge in [-0.3, -0.25) is 4.79 Å². The van der Waals surface area contributed by atoms with E-state index in [-0.39, 0.29) is 5.91 Å². The molecule has 0 unspecified atom stereocenters. The molecule has 0 saturated carbocycles. The fraction of sp³-hybridized carbons (Fsp3) is 0.150. The first-order chi connectivity index (χ1) is 12.8. The summed E-state index contributed by atoms with van der Waals surface area (Å²) in [7, 11) is 0. The highest BCUT2D eigenvalue weighted by molar-refractivity contribution is 5.93. The lowest BCUT2D eigenvalue weighted by Gasteiger charge is -2.18. The molecule has 3 aromatic rings. The van der Waals surface area contributed by atoms with E-state index in [2.05, 4.69) is 15.3 Å². The van der Waals surface area contributed by atoms with Crippen molar-refractivity contribution >= 4 is 5.91 Å². The normalized spacial score (nSPS) is 12.5. The number of carbonyl (C=O) groups excluding carboxylic acids is 1. The van der Waals surface area contributed by atoms with Crippen LogP contribution in [0.25, 0.3) is 11.4 Å². The van der Waals surface area contributed by atoms with E-state index in [1.807, 2.05) is 48.5 Å². The smallest absolute Gasteiger partial charge is 0.254 e. The first kappa shape index (κ1) is 16.1. The summed E-state index contributed by atoms with van der Waals surface area (Å²) in [6, 6.07) is 15.3. The molecule has 1 aromatic heterocycles. The molecular formula is C20H17N3O3. The molecule has 4 rings (SSSR count). The van der Waals surface area contributed by atoms with E-state index in [9.17, 15) is 4.79 Å². The van der Waals surface area contributed by atoms with Crippen molar-refractivity contribution in [2.75, 3.05) is 13.2 Å². The standard InChI is InChI=1S/C20H17N3O3/c24-20(16-12-21-19(22-13-16)15-4-2-1-3-5-15)23-11-14-6-7-17-18(10-14)26-9-8-25-17/h1-7,10,12-13H,8-9,11H2,(H,23,24). The molecule has 0 bridgehead atoms. The van der Waals surface area contributed by atoms with Crippen LogP contribution in [0.2, 0.25) is 0 Å². The van der Waals surface area contributed by atoms with Gasteiger partial charge in [0.05, 0.1) is 5.56 Å². The van der Waals surface area contributed by atoms with Crippen LogP contribution in [-0.4, -0.2) is 29.1 Å². The molecule has 2 aromatic carbocycles. The molecule has 0 radical (unpaired) electrons. The number of aromatic nitrogens is 2. The van der Waals surface area contributed by atoms with Gasteiger partial charge in [-0.1, -0.05) is 36.4 Å². The number of ether oxygens (including phenoxy) is 2. The minimum Gasteiger partial charge on any atom is -0.486 e. The average molecular weight is 347 g/mol. The van der Waals surface area contributed by atoms with Crippen molar-refractivity contribution in [2.24, 2.45) is 0 Å². The van der Waals surface area contributed by atoms with Crippen LogP contribution in [0.5, 0.6) is 11.5 Å². The number of nitrogens with zero attached hydrogens (tertiary/aromatic N) is 2. The highest BCUT2D eigenvalue weighted by Crippen LogP contribution is 2.30. The molecule has 0 spiro atoms. The van der Waals surface area contributed by atoms with E-state index in [1.54, 1.807) is 0 Å². The lowest BCUT2D eigenvalue weighted by molar-refractivity contribution is 0.0950. The number of nitrogens with one attached hydrogen (secondary N) is 1. The maximum Gasteiger partial charge on any atom is 0.254 e. The number of hydrogen-bond donors (Lipinski definition) is 1. The minimum absolute atomic E-state index is 0.223. The Morgan fingerprint density at radius 2 is 1.69 bits per heavy atom.